The lowest BCUT2D eigenvalue weighted by Crippen LogP contribution is -2.19. The molecule has 0 aliphatic carbocycles. The Morgan fingerprint density at radius 1 is 1.33 bits per heavy atom. The van der Waals surface area contributed by atoms with Gasteiger partial charge in [0.2, 0.25) is 5.95 Å². The maximum atomic E-state index is 12.4. The molecule has 0 fully saturated rings. The van der Waals surface area contributed by atoms with Gasteiger partial charge in [-0.3, -0.25) is 14.8 Å². The zero-order valence-electron chi connectivity index (χ0n) is 12.8. The summed E-state index contributed by atoms with van der Waals surface area (Å²) in [7, 11) is 0. The van der Waals surface area contributed by atoms with Crippen molar-refractivity contribution in [3.63, 3.8) is 0 Å². The van der Waals surface area contributed by atoms with Crippen LogP contribution in [0.1, 0.15) is 23.0 Å². The highest BCUT2D eigenvalue weighted by Gasteiger charge is 2.18. The summed E-state index contributed by atoms with van der Waals surface area (Å²) >= 11 is 9.20. The predicted octanol–water partition coefficient (Wildman–Crippen LogP) is 3.21. The van der Waals surface area contributed by atoms with Crippen molar-refractivity contribution in [2.45, 2.75) is 20.0 Å². The molecule has 1 amide bonds. The van der Waals surface area contributed by atoms with Crippen LogP contribution >= 0.6 is 27.5 Å². The van der Waals surface area contributed by atoms with Crippen molar-refractivity contribution in [3.8, 4) is 0 Å². The quantitative estimate of drug-likeness (QED) is 0.702. The van der Waals surface area contributed by atoms with E-state index in [0.717, 1.165) is 5.56 Å². The Morgan fingerprint density at radius 3 is 2.79 bits per heavy atom. The zero-order chi connectivity index (χ0) is 17.1. The number of halogens is 2. The molecule has 7 nitrogen and oxygen atoms in total. The normalized spacial score (nSPS) is 10.8. The molecule has 0 aliphatic rings. The molecule has 0 bridgehead atoms. The monoisotopic (exact) mass is 408 g/mol. The minimum atomic E-state index is -0.314. The Kier molecular flexibility index (Phi) is 4.96. The van der Waals surface area contributed by atoms with Gasteiger partial charge in [0, 0.05) is 11.6 Å². The molecular weight excluding hydrogens is 396 g/mol. The van der Waals surface area contributed by atoms with Gasteiger partial charge >= 0.3 is 0 Å². The van der Waals surface area contributed by atoms with Crippen LogP contribution in [0.3, 0.4) is 0 Å². The van der Waals surface area contributed by atoms with Crippen molar-refractivity contribution < 1.29 is 4.79 Å². The molecule has 0 unspecified atom stereocenters. The molecule has 0 aliphatic heterocycles. The minimum Gasteiger partial charge on any atom is -0.288 e. The maximum Gasteiger partial charge on any atom is 0.277 e. The van der Waals surface area contributed by atoms with Crippen molar-refractivity contribution >= 4 is 39.4 Å². The summed E-state index contributed by atoms with van der Waals surface area (Å²) in [5.74, 6) is -0.0739. The third kappa shape index (κ3) is 3.65. The van der Waals surface area contributed by atoms with Crippen LogP contribution in [0.5, 0.6) is 0 Å². The van der Waals surface area contributed by atoms with Gasteiger partial charge < -0.3 is 0 Å². The van der Waals surface area contributed by atoms with E-state index in [2.05, 4.69) is 36.4 Å². The summed E-state index contributed by atoms with van der Waals surface area (Å²) in [5, 5.41) is 11.7. The minimum absolute atomic E-state index is 0.240. The number of carbonyl (C=O) groups excluding carboxylic acids is 1. The van der Waals surface area contributed by atoms with Crippen molar-refractivity contribution in [2.75, 3.05) is 5.32 Å². The van der Waals surface area contributed by atoms with E-state index in [4.69, 9.17) is 11.6 Å². The molecule has 0 radical (unpaired) electrons. The molecule has 0 saturated heterocycles. The molecule has 3 rings (SSSR count). The number of aromatic nitrogens is 5. The van der Waals surface area contributed by atoms with E-state index in [1.54, 1.807) is 21.9 Å². The summed E-state index contributed by atoms with van der Waals surface area (Å²) in [5.41, 5.74) is 1.47. The van der Waals surface area contributed by atoms with Crippen LogP contribution in [0.2, 0.25) is 5.02 Å². The number of amides is 1. The first-order chi connectivity index (χ1) is 11.6. The van der Waals surface area contributed by atoms with Gasteiger partial charge in [-0.1, -0.05) is 23.7 Å². The van der Waals surface area contributed by atoms with E-state index < -0.39 is 0 Å². The number of anilines is 1. The Bertz CT molecular complexity index is 857. The molecule has 2 aromatic heterocycles. The van der Waals surface area contributed by atoms with Crippen LogP contribution < -0.4 is 5.32 Å². The highest BCUT2D eigenvalue weighted by atomic mass is 79.9. The summed E-state index contributed by atoms with van der Waals surface area (Å²) < 4.78 is 3.87. The molecule has 1 N–H and O–H groups in total. The molecule has 3 aromatic rings. The number of hydrogen-bond acceptors (Lipinski definition) is 4. The first-order valence-electron chi connectivity index (χ1n) is 7.23. The van der Waals surface area contributed by atoms with Gasteiger partial charge in [0.1, 0.15) is 12.0 Å². The molecule has 1 aromatic carbocycles. The largest absolute Gasteiger partial charge is 0.288 e. The molecular formula is C15H14BrClN6O. The van der Waals surface area contributed by atoms with Crippen LogP contribution in [-0.4, -0.2) is 30.5 Å². The Hall–Kier alpha value is -2.19. The molecule has 24 heavy (non-hydrogen) atoms. The fraction of sp³-hybridized carbons (Fsp3) is 0.200. The number of nitrogens with one attached hydrogen (secondary N) is 1. The molecule has 124 valence electrons. The Labute approximate surface area is 151 Å². The lowest BCUT2D eigenvalue weighted by molar-refractivity contribution is 0.101. The van der Waals surface area contributed by atoms with Gasteiger partial charge in [0.25, 0.3) is 5.91 Å². The molecule has 0 atom stereocenters. The van der Waals surface area contributed by atoms with Crippen molar-refractivity contribution in [1.29, 1.82) is 0 Å². The van der Waals surface area contributed by atoms with Crippen molar-refractivity contribution in [2.24, 2.45) is 0 Å². The smallest absolute Gasteiger partial charge is 0.277 e. The number of nitrogens with zero attached hydrogens (tertiary/aromatic N) is 5. The number of benzene rings is 1. The molecule has 2 heterocycles. The van der Waals surface area contributed by atoms with Gasteiger partial charge in [0.15, 0.2) is 0 Å². The first-order valence-corrected chi connectivity index (χ1v) is 8.40. The van der Waals surface area contributed by atoms with Crippen LogP contribution in [0, 0.1) is 0 Å². The van der Waals surface area contributed by atoms with E-state index in [-0.39, 0.29) is 11.9 Å². The number of rotatable bonds is 5. The standard InChI is InChI=1S/C15H14BrClN6O/c1-2-23-13(12(16)7-19-23)14(24)20-15-18-9-22(21-15)8-10-3-5-11(17)6-4-10/h3-7,9H,2,8H2,1H3,(H,20,21,24). The highest BCUT2D eigenvalue weighted by molar-refractivity contribution is 9.10. The summed E-state index contributed by atoms with van der Waals surface area (Å²) in [6, 6.07) is 7.47. The van der Waals surface area contributed by atoms with E-state index in [1.807, 2.05) is 31.2 Å². The Balaban J connectivity index is 1.70. The van der Waals surface area contributed by atoms with Crippen molar-refractivity contribution in [3.05, 3.63) is 57.5 Å². The third-order valence-electron chi connectivity index (χ3n) is 3.33. The second-order valence-electron chi connectivity index (χ2n) is 5.00. The fourth-order valence-corrected chi connectivity index (χ4v) is 2.80. The van der Waals surface area contributed by atoms with E-state index in [1.165, 1.54) is 0 Å². The Morgan fingerprint density at radius 2 is 2.08 bits per heavy atom. The highest BCUT2D eigenvalue weighted by Crippen LogP contribution is 2.17. The van der Waals surface area contributed by atoms with E-state index in [0.29, 0.717) is 28.3 Å². The summed E-state index contributed by atoms with van der Waals surface area (Å²) in [4.78, 5) is 16.5. The number of hydrogen-bond donors (Lipinski definition) is 1. The zero-order valence-corrected chi connectivity index (χ0v) is 15.1. The van der Waals surface area contributed by atoms with Crippen molar-refractivity contribution in [1.82, 2.24) is 24.5 Å². The second-order valence-corrected chi connectivity index (χ2v) is 6.29. The topological polar surface area (TPSA) is 77.6 Å². The SMILES string of the molecule is CCn1ncc(Br)c1C(=O)Nc1ncn(Cc2ccc(Cl)cc2)n1. The predicted molar refractivity (Wildman–Crippen MR) is 94.1 cm³/mol. The van der Waals surface area contributed by atoms with Gasteiger partial charge in [-0.05, 0) is 40.5 Å². The maximum absolute atomic E-state index is 12.4. The lowest BCUT2D eigenvalue weighted by Gasteiger charge is -2.04. The molecule has 0 saturated carbocycles. The number of aryl methyl sites for hydroxylation is 1. The van der Waals surface area contributed by atoms with E-state index in [9.17, 15) is 4.79 Å². The average molecular weight is 410 g/mol. The molecule has 9 heteroatoms. The van der Waals surface area contributed by atoms with Gasteiger partial charge in [-0.25, -0.2) is 9.67 Å². The number of carbonyl (C=O) groups is 1. The average Bonchev–Trinajstić information content (AvgIpc) is 3.15. The van der Waals surface area contributed by atoms with Gasteiger partial charge in [-0.2, -0.15) is 5.10 Å². The van der Waals surface area contributed by atoms with Crippen LogP contribution in [0.4, 0.5) is 5.95 Å². The lowest BCUT2D eigenvalue weighted by atomic mass is 10.2. The second kappa shape index (κ2) is 7.14. The summed E-state index contributed by atoms with van der Waals surface area (Å²) in [6.07, 6.45) is 3.15. The summed E-state index contributed by atoms with van der Waals surface area (Å²) in [6.45, 7) is 3.04. The third-order valence-corrected chi connectivity index (χ3v) is 4.16. The van der Waals surface area contributed by atoms with Crippen LogP contribution in [-0.2, 0) is 13.1 Å². The van der Waals surface area contributed by atoms with Gasteiger partial charge in [0.05, 0.1) is 17.2 Å². The molecule has 0 spiro atoms. The fourth-order valence-electron chi connectivity index (χ4n) is 2.19. The van der Waals surface area contributed by atoms with Crippen LogP contribution in [0.25, 0.3) is 0 Å². The van der Waals surface area contributed by atoms with Gasteiger partial charge in [-0.15, -0.1) is 5.10 Å². The first kappa shape index (κ1) is 16.7. The van der Waals surface area contributed by atoms with E-state index >= 15 is 0 Å². The van der Waals surface area contributed by atoms with Crippen LogP contribution in [0.15, 0.2) is 41.3 Å².